The van der Waals surface area contributed by atoms with Crippen molar-refractivity contribution in [2.45, 2.75) is 19.3 Å². The summed E-state index contributed by atoms with van der Waals surface area (Å²) in [6.45, 7) is 0.466. The number of carbonyl (C=O) groups excluding carboxylic acids is 1. The quantitative estimate of drug-likeness (QED) is 0.363. The van der Waals surface area contributed by atoms with Crippen molar-refractivity contribution in [1.82, 2.24) is 5.43 Å². The lowest BCUT2D eigenvalue weighted by Crippen LogP contribution is -2.29. The van der Waals surface area contributed by atoms with Gasteiger partial charge in [-0.05, 0) is 31.0 Å². The Labute approximate surface area is 114 Å². The second-order valence-electron chi connectivity index (χ2n) is 3.63. The average molecular weight is 312 g/mol. The maximum atomic E-state index is 10.9. The minimum absolute atomic E-state index is 0.184. The van der Waals surface area contributed by atoms with Gasteiger partial charge in [0, 0.05) is 10.9 Å². The summed E-state index contributed by atoms with van der Waals surface area (Å²) in [5.74, 6) is 5.33. The molecule has 0 atom stereocenters. The van der Waals surface area contributed by atoms with E-state index < -0.39 is 0 Å². The standard InChI is InChI=1S/C12H14BrN3O2/c13-10-4-5-11(9(7-10)8-14)18-6-2-1-3-12(17)16-15/h4-5,7H,1-3,6,15H2,(H,16,17). The first-order valence-corrected chi connectivity index (χ1v) is 6.28. The van der Waals surface area contributed by atoms with Gasteiger partial charge in [0.05, 0.1) is 12.2 Å². The first-order valence-electron chi connectivity index (χ1n) is 5.49. The molecule has 0 aliphatic carbocycles. The highest BCUT2D eigenvalue weighted by atomic mass is 79.9. The number of unbranched alkanes of at least 4 members (excludes halogenated alkanes) is 1. The fraction of sp³-hybridized carbons (Fsp3) is 0.333. The summed E-state index contributed by atoms with van der Waals surface area (Å²) in [7, 11) is 0. The minimum atomic E-state index is -0.184. The summed E-state index contributed by atoms with van der Waals surface area (Å²) in [6, 6.07) is 7.34. The average Bonchev–Trinajstić information content (AvgIpc) is 2.39. The van der Waals surface area contributed by atoms with Crippen molar-refractivity contribution in [3.05, 3.63) is 28.2 Å². The summed E-state index contributed by atoms with van der Waals surface area (Å²) in [4.78, 5) is 10.9. The zero-order valence-electron chi connectivity index (χ0n) is 9.78. The number of nitriles is 1. The van der Waals surface area contributed by atoms with Crippen LogP contribution in [0.5, 0.6) is 5.75 Å². The predicted molar refractivity (Wildman–Crippen MR) is 70.5 cm³/mol. The molecular formula is C12H14BrN3O2. The molecule has 18 heavy (non-hydrogen) atoms. The van der Waals surface area contributed by atoms with E-state index in [1.165, 1.54) is 0 Å². The van der Waals surface area contributed by atoms with E-state index in [0.29, 0.717) is 30.8 Å². The van der Waals surface area contributed by atoms with Gasteiger partial charge >= 0.3 is 0 Å². The first-order chi connectivity index (χ1) is 8.67. The fourth-order valence-electron chi connectivity index (χ4n) is 1.36. The number of rotatable bonds is 6. The lowest BCUT2D eigenvalue weighted by Gasteiger charge is -2.07. The van der Waals surface area contributed by atoms with Crippen molar-refractivity contribution in [3.8, 4) is 11.8 Å². The Morgan fingerprint density at radius 2 is 2.28 bits per heavy atom. The van der Waals surface area contributed by atoms with Crippen LogP contribution in [0.2, 0.25) is 0 Å². The van der Waals surface area contributed by atoms with Crippen LogP contribution in [-0.4, -0.2) is 12.5 Å². The summed E-state index contributed by atoms with van der Waals surface area (Å²) in [5.41, 5.74) is 2.56. The van der Waals surface area contributed by atoms with Crippen LogP contribution < -0.4 is 16.0 Å². The molecule has 0 bridgehead atoms. The molecule has 96 valence electrons. The van der Waals surface area contributed by atoms with E-state index in [0.717, 1.165) is 10.9 Å². The lowest BCUT2D eigenvalue weighted by molar-refractivity contribution is -0.121. The molecule has 1 rings (SSSR count). The number of nitrogens with zero attached hydrogens (tertiary/aromatic N) is 1. The second-order valence-corrected chi connectivity index (χ2v) is 4.54. The van der Waals surface area contributed by atoms with Crippen LogP contribution >= 0.6 is 15.9 Å². The SMILES string of the molecule is N#Cc1cc(Br)ccc1OCCCCC(=O)NN. The van der Waals surface area contributed by atoms with Crippen molar-refractivity contribution < 1.29 is 9.53 Å². The van der Waals surface area contributed by atoms with E-state index in [-0.39, 0.29) is 5.91 Å². The molecule has 0 heterocycles. The van der Waals surface area contributed by atoms with Crippen LogP contribution in [-0.2, 0) is 4.79 Å². The first kappa shape index (κ1) is 14.5. The van der Waals surface area contributed by atoms with Crippen LogP contribution in [0.15, 0.2) is 22.7 Å². The molecule has 0 spiro atoms. The van der Waals surface area contributed by atoms with Gasteiger partial charge in [0.15, 0.2) is 0 Å². The van der Waals surface area contributed by atoms with E-state index in [1.54, 1.807) is 12.1 Å². The zero-order valence-corrected chi connectivity index (χ0v) is 11.4. The molecule has 0 radical (unpaired) electrons. The molecular weight excluding hydrogens is 298 g/mol. The van der Waals surface area contributed by atoms with E-state index in [4.69, 9.17) is 15.8 Å². The van der Waals surface area contributed by atoms with Crippen LogP contribution in [0.4, 0.5) is 0 Å². The summed E-state index contributed by atoms with van der Waals surface area (Å²) < 4.78 is 6.33. The number of nitrogens with two attached hydrogens (primary N) is 1. The van der Waals surface area contributed by atoms with Crippen molar-refractivity contribution >= 4 is 21.8 Å². The van der Waals surface area contributed by atoms with Gasteiger partial charge < -0.3 is 4.74 Å². The number of carbonyl (C=O) groups is 1. The predicted octanol–water partition coefficient (Wildman–Crippen LogP) is 1.86. The number of hydrazine groups is 1. The maximum Gasteiger partial charge on any atom is 0.233 e. The second kappa shape index (κ2) is 7.69. The molecule has 1 amide bonds. The highest BCUT2D eigenvalue weighted by Crippen LogP contribution is 2.22. The molecule has 0 fully saturated rings. The van der Waals surface area contributed by atoms with Gasteiger partial charge in [-0.15, -0.1) is 0 Å². The number of hydrogen-bond acceptors (Lipinski definition) is 4. The molecule has 0 saturated carbocycles. The Morgan fingerprint density at radius 1 is 1.50 bits per heavy atom. The van der Waals surface area contributed by atoms with Crippen molar-refractivity contribution in [2.75, 3.05) is 6.61 Å². The number of amides is 1. The van der Waals surface area contributed by atoms with Crippen LogP contribution in [0.25, 0.3) is 0 Å². The van der Waals surface area contributed by atoms with E-state index in [1.807, 2.05) is 6.07 Å². The van der Waals surface area contributed by atoms with E-state index in [9.17, 15) is 4.79 Å². The number of benzene rings is 1. The van der Waals surface area contributed by atoms with Gasteiger partial charge in [-0.1, -0.05) is 15.9 Å². The molecule has 1 aromatic carbocycles. The topological polar surface area (TPSA) is 88.1 Å². The molecule has 5 nitrogen and oxygen atoms in total. The lowest BCUT2D eigenvalue weighted by atomic mass is 10.2. The molecule has 1 aromatic rings. The highest BCUT2D eigenvalue weighted by molar-refractivity contribution is 9.10. The summed E-state index contributed by atoms with van der Waals surface area (Å²) in [6.07, 6.45) is 1.81. The number of ether oxygens (including phenoxy) is 1. The van der Waals surface area contributed by atoms with Crippen LogP contribution in [0.3, 0.4) is 0 Å². The zero-order chi connectivity index (χ0) is 13.4. The van der Waals surface area contributed by atoms with Crippen molar-refractivity contribution in [2.24, 2.45) is 5.84 Å². The highest BCUT2D eigenvalue weighted by Gasteiger charge is 2.04. The molecule has 0 aliphatic heterocycles. The van der Waals surface area contributed by atoms with Crippen LogP contribution in [0.1, 0.15) is 24.8 Å². The number of hydrogen-bond donors (Lipinski definition) is 2. The molecule has 0 aromatic heterocycles. The maximum absolute atomic E-state index is 10.9. The van der Waals surface area contributed by atoms with E-state index in [2.05, 4.69) is 27.4 Å². The number of nitrogens with one attached hydrogen (secondary N) is 1. The monoisotopic (exact) mass is 311 g/mol. The van der Waals surface area contributed by atoms with E-state index >= 15 is 0 Å². The van der Waals surface area contributed by atoms with Gasteiger partial charge in [-0.2, -0.15) is 5.26 Å². The number of halogens is 1. The summed E-state index contributed by atoms with van der Waals surface area (Å²) >= 11 is 3.29. The van der Waals surface area contributed by atoms with Gasteiger partial charge in [-0.25, -0.2) is 5.84 Å². The Balaban J connectivity index is 2.36. The molecule has 0 aliphatic rings. The Kier molecular flexibility index (Phi) is 6.19. The molecule has 0 saturated heterocycles. The van der Waals surface area contributed by atoms with Crippen molar-refractivity contribution in [1.29, 1.82) is 5.26 Å². The Bertz CT molecular complexity index is 457. The Hall–Kier alpha value is -1.58. The third-order valence-corrected chi connectivity index (χ3v) is 2.77. The third-order valence-electron chi connectivity index (χ3n) is 2.28. The Morgan fingerprint density at radius 3 is 2.94 bits per heavy atom. The third kappa shape index (κ3) is 4.73. The minimum Gasteiger partial charge on any atom is -0.492 e. The van der Waals surface area contributed by atoms with Gasteiger partial charge in [0.25, 0.3) is 0 Å². The van der Waals surface area contributed by atoms with Gasteiger partial charge in [0.2, 0.25) is 5.91 Å². The summed E-state index contributed by atoms with van der Waals surface area (Å²) in [5, 5.41) is 8.93. The smallest absolute Gasteiger partial charge is 0.233 e. The van der Waals surface area contributed by atoms with Gasteiger partial charge in [0.1, 0.15) is 11.8 Å². The van der Waals surface area contributed by atoms with Crippen molar-refractivity contribution in [3.63, 3.8) is 0 Å². The van der Waals surface area contributed by atoms with Crippen LogP contribution in [0, 0.1) is 11.3 Å². The largest absolute Gasteiger partial charge is 0.492 e. The van der Waals surface area contributed by atoms with Gasteiger partial charge in [-0.3, -0.25) is 10.2 Å². The molecule has 0 unspecified atom stereocenters. The normalized spacial score (nSPS) is 9.61. The molecule has 6 heteroatoms. The fourth-order valence-corrected chi connectivity index (χ4v) is 1.72. The molecule has 3 N–H and O–H groups in total.